The highest BCUT2D eigenvalue weighted by Crippen LogP contribution is 2.23. The molecule has 0 aromatic carbocycles. The summed E-state index contributed by atoms with van der Waals surface area (Å²) < 4.78 is 8.15. The van der Waals surface area contributed by atoms with Crippen LogP contribution in [-0.2, 0) is 18.2 Å². The van der Waals surface area contributed by atoms with Crippen LogP contribution in [0.3, 0.4) is 0 Å². The fraction of sp³-hybridized carbons (Fsp3) is 0.812. The fourth-order valence-electron chi connectivity index (χ4n) is 2.63. The highest BCUT2D eigenvalue weighted by molar-refractivity contribution is 4.95. The highest BCUT2D eigenvalue weighted by atomic mass is 16.5. The Morgan fingerprint density at radius 1 is 1.40 bits per heavy atom. The molecule has 0 spiro atoms. The second-order valence-corrected chi connectivity index (χ2v) is 5.60. The zero-order valence-corrected chi connectivity index (χ0v) is 13.8. The van der Waals surface area contributed by atoms with Crippen LogP contribution in [0.4, 0.5) is 0 Å². The van der Waals surface area contributed by atoms with E-state index in [0.29, 0.717) is 6.04 Å². The maximum absolute atomic E-state index is 6.05. The van der Waals surface area contributed by atoms with Crippen LogP contribution in [0.25, 0.3) is 0 Å². The average molecular weight is 281 g/mol. The molecule has 4 nitrogen and oxygen atoms in total. The molecule has 0 bridgehead atoms. The monoisotopic (exact) mass is 281 g/mol. The molecule has 2 atom stereocenters. The predicted octanol–water partition coefficient (Wildman–Crippen LogP) is 2.93. The Balaban J connectivity index is 2.70. The number of hydrogen-bond acceptors (Lipinski definition) is 3. The number of aryl methyl sites for hydroxylation is 2. The molecule has 116 valence electrons. The molecule has 0 aliphatic heterocycles. The van der Waals surface area contributed by atoms with Gasteiger partial charge in [0.15, 0.2) is 0 Å². The van der Waals surface area contributed by atoms with Crippen LogP contribution in [0, 0.1) is 0 Å². The molecule has 0 aliphatic carbocycles. The molecule has 0 aliphatic rings. The number of nitrogens with zero attached hydrogens (tertiary/aromatic N) is 2. The van der Waals surface area contributed by atoms with E-state index in [2.05, 4.69) is 49.6 Å². The normalized spacial score (nSPS) is 16.1. The molecule has 1 heterocycles. The van der Waals surface area contributed by atoms with Crippen LogP contribution >= 0.6 is 0 Å². The molecule has 0 amide bonds. The van der Waals surface area contributed by atoms with Crippen molar-refractivity contribution < 1.29 is 4.74 Å². The first kappa shape index (κ1) is 17.2. The molecule has 0 saturated carbocycles. The molecular formula is C16H31N3O. The maximum atomic E-state index is 6.05. The minimum atomic E-state index is -0.102. The Morgan fingerprint density at radius 3 is 2.65 bits per heavy atom. The van der Waals surface area contributed by atoms with E-state index in [1.165, 1.54) is 0 Å². The van der Waals surface area contributed by atoms with E-state index in [1.807, 2.05) is 12.4 Å². The minimum absolute atomic E-state index is 0.102. The largest absolute Gasteiger partial charge is 0.374 e. The first-order valence-corrected chi connectivity index (χ1v) is 7.90. The van der Waals surface area contributed by atoms with Gasteiger partial charge in [0.1, 0.15) is 5.82 Å². The first-order valence-electron chi connectivity index (χ1n) is 7.90. The molecule has 0 fully saturated rings. The van der Waals surface area contributed by atoms with Gasteiger partial charge < -0.3 is 14.6 Å². The number of hydrogen-bond donors (Lipinski definition) is 1. The molecule has 1 aromatic rings. The summed E-state index contributed by atoms with van der Waals surface area (Å²) in [7, 11) is 2.05. The standard InChI is InChI=1S/C16H31N3O/c1-6-11-17-14(16(4,7-2)20-8-3)9-10-15-18-12-13-19(15)5/h12-14,17H,6-11H2,1-5H3. The number of ether oxygens (including phenoxy) is 1. The van der Waals surface area contributed by atoms with Crippen molar-refractivity contribution in [2.24, 2.45) is 7.05 Å². The van der Waals surface area contributed by atoms with E-state index < -0.39 is 0 Å². The van der Waals surface area contributed by atoms with E-state index in [0.717, 1.165) is 44.7 Å². The van der Waals surface area contributed by atoms with Crippen LogP contribution in [0.2, 0.25) is 0 Å². The Kier molecular flexibility index (Phi) is 7.24. The molecule has 2 unspecified atom stereocenters. The Labute approximate surface area is 123 Å². The number of aromatic nitrogens is 2. The lowest BCUT2D eigenvalue weighted by molar-refractivity contribution is -0.0569. The van der Waals surface area contributed by atoms with E-state index in [9.17, 15) is 0 Å². The van der Waals surface area contributed by atoms with E-state index in [1.54, 1.807) is 0 Å². The maximum Gasteiger partial charge on any atom is 0.108 e. The van der Waals surface area contributed by atoms with Crippen LogP contribution in [0.15, 0.2) is 12.4 Å². The van der Waals surface area contributed by atoms with Gasteiger partial charge in [-0.1, -0.05) is 13.8 Å². The third kappa shape index (κ3) is 4.60. The zero-order chi connectivity index (χ0) is 15.0. The summed E-state index contributed by atoms with van der Waals surface area (Å²) >= 11 is 0. The summed E-state index contributed by atoms with van der Waals surface area (Å²) in [5.41, 5.74) is -0.102. The van der Waals surface area contributed by atoms with E-state index in [-0.39, 0.29) is 5.60 Å². The fourth-order valence-corrected chi connectivity index (χ4v) is 2.63. The van der Waals surface area contributed by atoms with Crippen LogP contribution in [0.5, 0.6) is 0 Å². The minimum Gasteiger partial charge on any atom is -0.374 e. The summed E-state index contributed by atoms with van der Waals surface area (Å²) in [6.45, 7) is 10.5. The quantitative estimate of drug-likeness (QED) is 0.716. The SMILES string of the molecule is CCCNC(CCc1nccn1C)C(C)(CC)OCC. The van der Waals surface area contributed by atoms with Crippen LogP contribution in [-0.4, -0.2) is 34.3 Å². The van der Waals surface area contributed by atoms with Crippen molar-refractivity contribution in [3.63, 3.8) is 0 Å². The van der Waals surface area contributed by atoms with Crippen molar-refractivity contribution in [3.05, 3.63) is 18.2 Å². The van der Waals surface area contributed by atoms with Crippen LogP contribution in [0.1, 0.15) is 52.8 Å². The summed E-state index contributed by atoms with van der Waals surface area (Å²) in [4.78, 5) is 4.42. The molecule has 20 heavy (non-hydrogen) atoms. The molecule has 0 radical (unpaired) electrons. The zero-order valence-electron chi connectivity index (χ0n) is 13.8. The third-order valence-corrected chi connectivity index (χ3v) is 4.13. The third-order valence-electron chi connectivity index (χ3n) is 4.13. The lowest BCUT2D eigenvalue weighted by Crippen LogP contribution is -2.51. The van der Waals surface area contributed by atoms with Gasteiger partial charge >= 0.3 is 0 Å². The smallest absolute Gasteiger partial charge is 0.108 e. The molecule has 0 saturated heterocycles. The highest BCUT2D eigenvalue weighted by Gasteiger charge is 2.32. The second-order valence-electron chi connectivity index (χ2n) is 5.60. The van der Waals surface area contributed by atoms with E-state index in [4.69, 9.17) is 4.74 Å². The van der Waals surface area contributed by atoms with Crippen molar-refractivity contribution in [1.29, 1.82) is 0 Å². The summed E-state index contributed by atoms with van der Waals surface area (Å²) in [6, 6.07) is 0.365. The summed E-state index contributed by atoms with van der Waals surface area (Å²) in [5, 5.41) is 3.67. The predicted molar refractivity (Wildman–Crippen MR) is 83.9 cm³/mol. The molecule has 4 heteroatoms. The summed E-state index contributed by atoms with van der Waals surface area (Å²) in [6.07, 6.45) is 8.06. The number of rotatable bonds is 10. The Bertz CT molecular complexity index is 378. The number of imidazole rings is 1. The van der Waals surface area contributed by atoms with Gasteiger partial charge in [0.2, 0.25) is 0 Å². The average Bonchev–Trinajstić information content (AvgIpc) is 2.84. The van der Waals surface area contributed by atoms with E-state index >= 15 is 0 Å². The second kappa shape index (κ2) is 8.42. The number of nitrogens with one attached hydrogen (secondary N) is 1. The molecular weight excluding hydrogens is 250 g/mol. The molecule has 1 rings (SSSR count). The van der Waals surface area contributed by atoms with Gasteiger partial charge in [-0.05, 0) is 39.7 Å². The summed E-state index contributed by atoms with van der Waals surface area (Å²) in [5.74, 6) is 1.14. The van der Waals surface area contributed by atoms with Crippen molar-refractivity contribution in [2.45, 2.75) is 65.0 Å². The lowest BCUT2D eigenvalue weighted by Gasteiger charge is -2.37. The topological polar surface area (TPSA) is 39.1 Å². The molecule has 1 N–H and O–H groups in total. The van der Waals surface area contributed by atoms with Crippen molar-refractivity contribution in [3.8, 4) is 0 Å². The van der Waals surface area contributed by atoms with Gasteiger partial charge in [-0.3, -0.25) is 0 Å². The van der Waals surface area contributed by atoms with Crippen LogP contribution < -0.4 is 5.32 Å². The van der Waals surface area contributed by atoms with Gasteiger partial charge in [0.05, 0.1) is 5.60 Å². The van der Waals surface area contributed by atoms with Gasteiger partial charge in [-0.15, -0.1) is 0 Å². The van der Waals surface area contributed by atoms with Gasteiger partial charge in [0.25, 0.3) is 0 Å². The van der Waals surface area contributed by atoms with Gasteiger partial charge in [-0.25, -0.2) is 4.98 Å². The van der Waals surface area contributed by atoms with Crippen molar-refractivity contribution in [1.82, 2.24) is 14.9 Å². The van der Waals surface area contributed by atoms with Gasteiger partial charge in [0, 0.05) is 38.5 Å². The van der Waals surface area contributed by atoms with Crippen molar-refractivity contribution >= 4 is 0 Å². The van der Waals surface area contributed by atoms with Gasteiger partial charge in [-0.2, -0.15) is 0 Å². The lowest BCUT2D eigenvalue weighted by atomic mass is 9.89. The van der Waals surface area contributed by atoms with Crippen molar-refractivity contribution in [2.75, 3.05) is 13.2 Å². The molecule has 1 aromatic heterocycles. The first-order chi connectivity index (χ1) is 9.57. The Hall–Kier alpha value is -0.870. The Morgan fingerprint density at radius 2 is 2.15 bits per heavy atom.